The van der Waals surface area contributed by atoms with Crippen molar-refractivity contribution in [2.75, 3.05) is 37.6 Å². The lowest BCUT2D eigenvalue weighted by Gasteiger charge is -2.38. The highest BCUT2D eigenvalue weighted by Crippen LogP contribution is 2.28. The van der Waals surface area contributed by atoms with Crippen LogP contribution in [0.5, 0.6) is 0 Å². The highest BCUT2D eigenvalue weighted by Gasteiger charge is 2.21. The number of benzene rings is 1. The van der Waals surface area contributed by atoms with Crippen LogP contribution in [0.15, 0.2) is 24.3 Å². The SMILES string of the molecule is CC[C@@H](O)c1ccccc1N1CCN(CC(C)C)CC1. The first-order valence-corrected chi connectivity index (χ1v) is 7.86. The zero-order chi connectivity index (χ0) is 14.5. The third kappa shape index (κ3) is 3.74. The fraction of sp³-hybridized carbons (Fsp3) is 0.647. The molecule has 0 unspecified atom stereocenters. The second kappa shape index (κ2) is 7.09. The molecule has 0 aromatic heterocycles. The Bertz CT molecular complexity index is 411. The predicted molar refractivity (Wildman–Crippen MR) is 85.2 cm³/mol. The van der Waals surface area contributed by atoms with Crippen LogP contribution in [0.1, 0.15) is 38.9 Å². The molecule has 1 saturated heterocycles. The number of hydrogen-bond acceptors (Lipinski definition) is 3. The van der Waals surface area contributed by atoms with Crippen molar-refractivity contribution in [3.63, 3.8) is 0 Å². The summed E-state index contributed by atoms with van der Waals surface area (Å²) in [5, 5.41) is 10.2. The maximum absolute atomic E-state index is 10.2. The van der Waals surface area contributed by atoms with Crippen molar-refractivity contribution in [3.05, 3.63) is 29.8 Å². The molecule has 0 bridgehead atoms. The van der Waals surface area contributed by atoms with Crippen LogP contribution < -0.4 is 4.90 Å². The van der Waals surface area contributed by atoms with E-state index in [1.807, 2.05) is 13.0 Å². The van der Waals surface area contributed by atoms with Gasteiger partial charge < -0.3 is 10.0 Å². The minimum Gasteiger partial charge on any atom is -0.388 e. The van der Waals surface area contributed by atoms with Crippen molar-refractivity contribution >= 4 is 5.69 Å². The van der Waals surface area contributed by atoms with Crippen molar-refractivity contribution in [2.24, 2.45) is 5.92 Å². The molecule has 2 rings (SSSR count). The molecule has 1 N–H and O–H groups in total. The van der Waals surface area contributed by atoms with E-state index in [0.29, 0.717) is 0 Å². The first kappa shape index (κ1) is 15.3. The molecular weight excluding hydrogens is 248 g/mol. The maximum Gasteiger partial charge on any atom is 0.0807 e. The largest absolute Gasteiger partial charge is 0.388 e. The molecular formula is C17H28N2O. The Balaban J connectivity index is 2.03. The quantitative estimate of drug-likeness (QED) is 0.896. The Morgan fingerprint density at radius 2 is 1.75 bits per heavy atom. The summed E-state index contributed by atoms with van der Waals surface area (Å²) in [6.45, 7) is 12.1. The molecule has 0 radical (unpaired) electrons. The highest BCUT2D eigenvalue weighted by molar-refractivity contribution is 5.55. The summed E-state index contributed by atoms with van der Waals surface area (Å²) in [5.41, 5.74) is 2.29. The number of piperazine rings is 1. The van der Waals surface area contributed by atoms with E-state index in [4.69, 9.17) is 0 Å². The second-order valence-corrected chi connectivity index (χ2v) is 6.16. The normalized spacial score (nSPS) is 18.6. The molecule has 0 aliphatic carbocycles. The Morgan fingerprint density at radius 3 is 2.35 bits per heavy atom. The Kier molecular flexibility index (Phi) is 5.44. The van der Waals surface area contributed by atoms with Crippen molar-refractivity contribution in [1.82, 2.24) is 4.90 Å². The average molecular weight is 276 g/mol. The van der Waals surface area contributed by atoms with Gasteiger partial charge in [-0.15, -0.1) is 0 Å². The monoisotopic (exact) mass is 276 g/mol. The summed E-state index contributed by atoms with van der Waals surface area (Å²) in [7, 11) is 0. The lowest BCUT2D eigenvalue weighted by molar-refractivity contribution is 0.173. The van der Waals surface area contributed by atoms with Crippen LogP contribution in [-0.4, -0.2) is 42.7 Å². The van der Waals surface area contributed by atoms with Crippen molar-refractivity contribution in [2.45, 2.75) is 33.3 Å². The summed E-state index contributed by atoms with van der Waals surface area (Å²) in [6.07, 6.45) is 0.421. The van der Waals surface area contributed by atoms with Gasteiger partial charge in [-0.05, 0) is 18.4 Å². The smallest absolute Gasteiger partial charge is 0.0807 e. The molecule has 1 heterocycles. The zero-order valence-corrected chi connectivity index (χ0v) is 13.0. The Morgan fingerprint density at radius 1 is 1.10 bits per heavy atom. The summed E-state index contributed by atoms with van der Waals surface area (Å²) >= 11 is 0. The number of rotatable bonds is 5. The van der Waals surface area contributed by atoms with E-state index in [1.165, 1.54) is 12.2 Å². The maximum atomic E-state index is 10.2. The highest BCUT2D eigenvalue weighted by atomic mass is 16.3. The van der Waals surface area contributed by atoms with Crippen LogP contribution >= 0.6 is 0 Å². The predicted octanol–water partition coefficient (Wildman–Crippen LogP) is 2.91. The molecule has 0 spiro atoms. The van der Waals surface area contributed by atoms with E-state index in [1.54, 1.807) is 0 Å². The molecule has 0 saturated carbocycles. The average Bonchev–Trinajstić information content (AvgIpc) is 2.46. The standard InChI is InChI=1S/C17H28N2O/c1-4-17(20)15-7-5-6-8-16(15)19-11-9-18(10-12-19)13-14(2)3/h5-8,14,17,20H,4,9-13H2,1-3H3/t17-/m1/s1. The molecule has 20 heavy (non-hydrogen) atoms. The molecule has 3 heteroatoms. The third-order valence-electron chi connectivity index (χ3n) is 4.02. The molecule has 1 atom stereocenters. The fourth-order valence-electron chi connectivity index (χ4n) is 2.96. The van der Waals surface area contributed by atoms with Gasteiger partial charge in [-0.1, -0.05) is 39.0 Å². The third-order valence-corrected chi connectivity index (χ3v) is 4.02. The van der Waals surface area contributed by atoms with Crippen LogP contribution in [0.2, 0.25) is 0 Å². The number of nitrogens with zero attached hydrogens (tertiary/aromatic N) is 2. The van der Waals surface area contributed by atoms with Crippen LogP contribution in [0.3, 0.4) is 0 Å². The van der Waals surface area contributed by atoms with Crippen LogP contribution in [-0.2, 0) is 0 Å². The lowest BCUT2D eigenvalue weighted by atomic mass is 10.0. The lowest BCUT2D eigenvalue weighted by Crippen LogP contribution is -2.47. The van der Waals surface area contributed by atoms with Crippen LogP contribution in [0, 0.1) is 5.92 Å². The van der Waals surface area contributed by atoms with Crippen LogP contribution in [0.4, 0.5) is 5.69 Å². The van der Waals surface area contributed by atoms with Gasteiger partial charge in [0.15, 0.2) is 0 Å². The van der Waals surface area contributed by atoms with Gasteiger partial charge >= 0.3 is 0 Å². The summed E-state index contributed by atoms with van der Waals surface area (Å²) in [6, 6.07) is 8.30. The van der Waals surface area contributed by atoms with Gasteiger partial charge in [0.1, 0.15) is 0 Å². The number of para-hydroxylation sites is 1. The number of aliphatic hydroxyl groups excluding tert-OH is 1. The van der Waals surface area contributed by atoms with Gasteiger partial charge in [-0.25, -0.2) is 0 Å². The van der Waals surface area contributed by atoms with Gasteiger partial charge in [0, 0.05) is 44.0 Å². The van der Waals surface area contributed by atoms with E-state index in [9.17, 15) is 5.11 Å². The molecule has 0 amide bonds. The van der Waals surface area contributed by atoms with Crippen molar-refractivity contribution in [1.29, 1.82) is 0 Å². The van der Waals surface area contributed by atoms with Gasteiger partial charge in [0.2, 0.25) is 0 Å². The molecule has 3 nitrogen and oxygen atoms in total. The summed E-state index contributed by atoms with van der Waals surface area (Å²) in [5.74, 6) is 0.732. The number of anilines is 1. The molecule has 1 aliphatic heterocycles. The van der Waals surface area contributed by atoms with Gasteiger partial charge in [0.05, 0.1) is 6.10 Å². The molecule has 1 aromatic rings. The van der Waals surface area contributed by atoms with E-state index >= 15 is 0 Å². The minimum atomic E-state index is -0.347. The number of hydrogen-bond donors (Lipinski definition) is 1. The molecule has 1 aromatic carbocycles. The van der Waals surface area contributed by atoms with E-state index in [-0.39, 0.29) is 6.10 Å². The van der Waals surface area contributed by atoms with Gasteiger partial charge in [-0.2, -0.15) is 0 Å². The van der Waals surface area contributed by atoms with Gasteiger partial charge in [-0.3, -0.25) is 4.90 Å². The fourth-order valence-corrected chi connectivity index (χ4v) is 2.96. The first-order chi connectivity index (χ1) is 9.61. The van der Waals surface area contributed by atoms with E-state index < -0.39 is 0 Å². The Hall–Kier alpha value is -1.06. The summed E-state index contributed by atoms with van der Waals surface area (Å²) in [4.78, 5) is 4.96. The van der Waals surface area contributed by atoms with E-state index in [2.05, 4.69) is 41.8 Å². The van der Waals surface area contributed by atoms with Crippen LogP contribution in [0.25, 0.3) is 0 Å². The molecule has 1 fully saturated rings. The van der Waals surface area contributed by atoms with Crippen molar-refractivity contribution < 1.29 is 5.11 Å². The number of aliphatic hydroxyl groups is 1. The van der Waals surface area contributed by atoms with Gasteiger partial charge in [0.25, 0.3) is 0 Å². The summed E-state index contributed by atoms with van der Waals surface area (Å²) < 4.78 is 0. The first-order valence-electron chi connectivity index (χ1n) is 7.86. The Labute approximate surface area is 123 Å². The van der Waals surface area contributed by atoms with Crippen molar-refractivity contribution in [3.8, 4) is 0 Å². The van der Waals surface area contributed by atoms with E-state index in [0.717, 1.165) is 44.1 Å². The molecule has 112 valence electrons. The zero-order valence-electron chi connectivity index (χ0n) is 13.0. The topological polar surface area (TPSA) is 26.7 Å². The molecule has 1 aliphatic rings. The second-order valence-electron chi connectivity index (χ2n) is 6.16. The minimum absolute atomic E-state index is 0.347.